The number of hydrogen-bond donors (Lipinski definition) is 0. The van der Waals surface area contributed by atoms with Crippen molar-refractivity contribution in [3.63, 3.8) is 0 Å². The number of allylic oxidation sites excluding steroid dienone is 1. The van der Waals surface area contributed by atoms with Crippen LogP contribution in [0.5, 0.6) is 5.75 Å². The molecule has 4 rings (SSSR count). The van der Waals surface area contributed by atoms with E-state index in [0.29, 0.717) is 24.3 Å². The highest BCUT2D eigenvalue weighted by Gasteiger charge is 2.35. The van der Waals surface area contributed by atoms with Crippen LogP contribution in [0.2, 0.25) is 0 Å². The third-order valence-corrected chi connectivity index (χ3v) is 8.02. The van der Waals surface area contributed by atoms with Crippen molar-refractivity contribution in [1.82, 2.24) is 0 Å². The first-order valence-electron chi connectivity index (χ1n) is 13.5. The van der Waals surface area contributed by atoms with Crippen molar-refractivity contribution < 1.29 is 23.8 Å². The first kappa shape index (κ1) is 28.6. The van der Waals surface area contributed by atoms with Crippen molar-refractivity contribution >= 4 is 28.9 Å². The van der Waals surface area contributed by atoms with Crippen molar-refractivity contribution in [3.05, 3.63) is 93.7 Å². The summed E-state index contributed by atoms with van der Waals surface area (Å²) in [5, 5.41) is 0. The standard InChI is InChI=1S/C32H37NO5S/c1-4-5-6-10-29(38-22-23-11-17-27(36-2)18-12-23)24-13-15-25(16-14-24)33-26(21-31(33)34)8-7-9-28-19-20-30(39-28)32(35)37-3/h7-8,11-20,26,29H,4-6,9-10,21-22H2,1-3H3/b8-7-/t26-,29?/m0/s1. The summed E-state index contributed by atoms with van der Waals surface area (Å²) in [6.45, 7) is 2.74. The second-order valence-electron chi connectivity index (χ2n) is 9.66. The summed E-state index contributed by atoms with van der Waals surface area (Å²) in [6, 6.07) is 20.0. The van der Waals surface area contributed by atoms with E-state index >= 15 is 0 Å². The molecule has 1 amide bonds. The van der Waals surface area contributed by atoms with Crippen LogP contribution in [-0.2, 0) is 27.3 Å². The fourth-order valence-electron chi connectivity index (χ4n) is 4.66. The number of ether oxygens (including phenoxy) is 3. The summed E-state index contributed by atoms with van der Waals surface area (Å²) in [5.74, 6) is 0.645. The minimum atomic E-state index is -0.312. The monoisotopic (exact) mass is 547 g/mol. The van der Waals surface area contributed by atoms with Gasteiger partial charge in [0.25, 0.3) is 0 Å². The third-order valence-electron chi connectivity index (χ3n) is 6.93. The second-order valence-corrected chi connectivity index (χ2v) is 10.8. The molecule has 2 atom stereocenters. The van der Waals surface area contributed by atoms with Crippen LogP contribution in [0, 0.1) is 0 Å². The highest BCUT2D eigenvalue weighted by molar-refractivity contribution is 7.13. The summed E-state index contributed by atoms with van der Waals surface area (Å²) in [6.07, 6.45) is 9.76. The van der Waals surface area contributed by atoms with Crippen LogP contribution in [0.4, 0.5) is 5.69 Å². The van der Waals surface area contributed by atoms with Crippen molar-refractivity contribution in [2.75, 3.05) is 19.1 Å². The predicted molar refractivity (Wildman–Crippen MR) is 156 cm³/mol. The maximum atomic E-state index is 12.5. The average Bonchev–Trinajstić information content (AvgIpc) is 3.43. The van der Waals surface area contributed by atoms with Crippen LogP contribution >= 0.6 is 11.3 Å². The molecule has 206 valence electrons. The third kappa shape index (κ3) is 7.58. The fourth-order valence-corrected chi connectivity index (χ4v) is 5.56. The molecule has 0 aliphatic carbocycles. The molecule has 3 aromatic rings. The van der Waals surface area contributed by atoms with E-state index in [1.807, 2.05) is 47.4 Å². The van der Waals surface area contributed by atoms with Gasteiger partial charge in [-0.1, -0.05) is 62.6 Å². The number of benzene rings is 2. The van der Waals surface area contributed by atoms with Gasteiger partial charge in [-0.3, -0.25) is 4.79 Å². The molecule has 1 aromatic heterocycles. The molecular weight excluding hydrogens is 510 g/mol. The lowest BCUT2D eigenvalue weighted by molar-refractivity contribution is -0.123. The highest BCUT2D eigenvalue weighted by atomic mass is 32.1. The van der Waals surface area contributed by atoms with E-state index in [9.17, 15) is 9.59 Å². The van der Waals surface area contributed by atoms with Crippen molar-refractivity contribution in [2.45, 2.75) is 64.2 Å². The van der Waals surface area contributed by atoms with Crippen molar-refractivity contribution in [1.29, 1.82) is 0 Å². The molecule has 1 aliphatic rings. The Bertz CT molecular complexity index is 1250. The normalized spacial score (nSPS) is 15.8. The molecule has 1 fully saturated rings. The maximum Gasteiger partial charge on any atom is 0.348 e. The molecule has 0 saturated carbocycles. The van der Waals surface area contributed by atoms with Gasteiger partial charge < -0.3 is 19.1 Å². The Morgan fingerprint density at radius 2 is 1.82 bits per heavy atom. The van der Waals surface area contributed by atoms with Crippen LogP contribution in [-0.4, -0.2) is 32.1 Å². The summed E-state index contributed by atoms with van der Waals surface area (Å²) in [7, 11) is 3.05. The van der Waals surface area contributed by atoms with Crippen molar-refractivity contribution in [2.24, 2.45) is 0 Å². The number of nitrogens with zero attached hydrogens (tertiary/aromatic N) is 1. The Morgan fingerprint density at radius 3 is 2.49 bits per heavy atom. The number of carbonyl (C=O) groups is 2. The van der Waals surface area contributed by atoms with Gasteiger partial charge >= 0.3 is 5.97 Å². The van der Waals surface area contributed by atoms with E-state index in [2.05, 4.69) is 31.2 Å². The second kappa shape index (κ2) is 14.1. The van der Waals surface area contributed by atoms with E-state index in [1.54, 1.807) is 13.2 Å². The molecule has 1 saturated heterocycles. The van der Waals surface area contributed by atoms with Gasteiger partial charge in [-0.05, 0) is 60.4 Å². The van der Waals surface area contributed by atoms with E-state index in [4.69, 9.17) is 14.2 Å². The zero-order valence-electron chi connectivity index (χ0n) is 22.9. The quantitative estimate of drug-likeness (QED) is 0.0918. The zero-order chi connectivity index (χ0) is 27.6. The van der Waals surface area contributed by atoms with Crippen LogP contribution in [0.3, 0.4) is 0 Å². The Morgan fingerprint density at radius 1 is 1.05 bits per heavy atom. The van der Waals surface area contributed by atoms with Gasteiger partial charge in [-0.2, -0.15) is 0 Å². The van der Waals surface area contributed by atoms with Gasteiger partial charge in [0.1, 0.15) is 10.6 Å². The first-order valence-corrected chi connectivity index (χ1v) is 14.3. The van der Waals surface area contributed by atoms with Gasteiger partial charge in [0.05, 0.1) is 39.4 Å². The van der Waals surface area contributed by atoms with E-state index in [0.717, 1.165) is 46.7 Å². The number of carbonyl (C=O) groups excluding carboxylic acids is 2. The van der Waals surface area contributed by atoms with E-state index in [1.165, 1.54) is 24.9 Å². The molecule has 0 N–H and O–H groups in total. The lowest BCUT2D eigenvalue weighted by atomic mass is 9.98. The molecule has 0 bridgehead atoms. The van der Waals surface area contributed by atoms with E-state index < -0.39 is 0 Å². The average molecular weight is 548 g/mol. The van der Waals surface area contributed by atoms with E-state index in [-0.39, 0.29) is 24.0 Å². The minimum absolute atomic E-state index is 0.00355. The lowest BCUT2D eigenvalue weighted by Gasteiger charge is -2.39. The van der Waals surface area contributed by atoms with Crippen LogP contribution in [0.1, 0.15) is 70.8 Å². The van der Waals surface area contributed by atoms with Crippen LogP contribution in [0.15, 0.2) is 72.8 Å². The van der Waals surface area contributed by atoms with Crippen LogP contribution in [0.25, 0.3) is 0 Å². The number of hydrogen-bond acceptors (Lipinski definition) is 6. The topological polar surface area (TPSA) is 65.1 Å². The van der Waals surface area contributed by atoms with Gasteiger partial charge in [-0.15, -0.1) is 11.3 Å². The van der Waals surface area contributed by atoms with Crippen LogP contribution < -0.4 is 9.64 Å². The van der Waals surface area contributed by atoms with Gasteiger partial charge in [0, 0.05) is 10.6 Å². The summed E-state index contributed by atoms with van der Waals surface area (Å²) < 4.78 is 16.4. The van der Waals surface area contributed by atoms with Gasteiger partial charge in [0.2, 0.25) is 5.91 Å². The molecule has 6 nitrogen and oxygen atoms in total. The van der Waals surface area contributed by atoms with Gasteiger partial charge in [0.15, 0.2) is 0 Å². The number of rotatable bonds is 14. The molecular formula is C32H37NO5S. The Labute approximate surface area is 235 Å². The largest absolute Gasteiger partial charge is 0.497 e. The smallest absolute Gasteiger partial charge is 0.348 e. The Balaban J connectivity index is 1.38. The first-order chi connectivity index (χ1) is 19.0. The predicted octanol–water partition coefficient (Wildman–Crippen LogP) is 7.29. The molecule has 1 unspecified atom stereocenters. The Hall–Kier alpha value is -3.42. The highest BCUT2D eigenvalue weighted by Crippen LogP contribution is 2.32. The molecule has 39 heavy (non-hydrogen) atoms. The number of amides is 1. The molecule has 1 aliphatic heterocycles. The number of methoxy groups -OCH3 is 2. The molecule has 0 spiro atoms. The van der Waals surface area contributed by atoms with Crippen molar-refractivity contribution in [3.8, 4) is 5.75 Å². The van der Waals surface area contributed by atoms with Gasteiger partial charge in [-0.25, -0.2) is 4.79 Å². The zero-order valence-corrected chi connectivity index (χ0v) is 23.7. The minimum Gasteiger partial charge on any atom is -0.497 e. The summed E-state index contributed by atoms with van der Waals surface area (Å²) in [4.78, 5) is 27.7. The molecule has 0 radical (unpaired) electrons. The lowest BCUT2D eigenvalue weighted by Crippen LogP contribution is -2.51. The fraction of sp³-hybridized carbons (Fsp3) is 0.375. The Kier molecular flexibility index (Phi) is 10.3. The SMILES string of the molecule is CCCCCC(OCc1ccc(OC)cc1)c1ccc(N2C(=O)C[C@@H]2/C=C\Cc2ccc(C(=O)OC)s2)cc1. The maximum absolute atomic E-state index is 12.5. The number of β-lactam (4-membered cyclic amide) rings is 1. The number of anilines is 1. The molecule has 2 heterocycles. The molecule has 7 heteroatoms. The number of unbranched alkanes of at least 4 members (excludes halogenated alkanes) is 2. The molecule has 2 aromatic carbocycles. The summed E-state index contributed by atoms with van der Waals surface area (Å²) in [5.41, 5.74) is 3.14. The number of esters is 1. The number of thiophene rings is 1. The summed E-state index contributed by atoms with van der Waals surface area (Å²) >= 11 is 1.43.